The second kappa shape index (κ2) is 6.83. The maximum absolute atomic E-state index is 12.5. The van der Waals surface area contributed by atoms with E-state index >= 15 is 0 Å². The summed E-state index contributed by atoms with van der Waals surface area (Å²) < 4.78 is 37.6. The molecule has 2 nitrogen and oxygen atoms in total. The molecule has 0 unspecified atom stereocenters. The number of oxime groups is 1. The number of rotatable bonds is 4. The highest BCUT2D eigenvalue weighted by Crippen LogP contribution is 2.31. The molecule has 0 aromatic heterocycles. The Labute approximate surface area is 131 Å². The van der Waals surface area contributed by atoms with E-state index in [2.05, 4.69) is 5.16 Å². The first-order valence-corrected chi connectivity index (χ1v) is 6.93. The van der Waals surface area contributed by atoms with Crippen molar-refractivity contribution < 1.29 is 18.0 Å². The minimum absolute atomic E-state index is 0.202. The summed E-state index contributed by atoms with van der Waals surface area (Å²) >= 11 is 5.78. The smallest absolute Gasteiger partial charge is 0.399 e. The Bertz CT molecular complexity index is 649. The molecule has 0 amide bonds. The first-order valence-electron chi connectivity index (χ1n) is 6.39. The van der Waals surface area contributed by atoms with Crippen molar-refractivity contribution in [1.82, 2.24) is 0 Å². The zero-order chi connectivity index (χ0) is 16.2. The monoisotopic (exact) mass is 327 g/mol. The molecule has 0 aliphatic carbocycles. The first-order chi connectivity index (χ1) is 10.5. The maximum atomic E-state index is 12.5. The molecule has 0 fully saturated rings. The molecule has 22 heavy (non-hydrogen) atoms. The Balaban J connectivity index is 2.25. The van der Waals surface area contributed by atoms with Crippen molar-refractivity contribution >= 4 is 17.3 Å². The second-order valence-electron chi connectivity index (χ2n) is 4.51. The van der Waals surface area contributed by atoms with Gasteiger partial charge in [-0.2, -0.15) is 13.2 Å². The number of hydrogen-bond acceptors (Lipinski definition) is 2. The van der Waals surface area contributed by atoms with Crippen LogP contribution in [0, 0.1) is 0 Å². The second-order valence-corrected chi connectivity index (χ2v) is 4.77. The molecule has 0 heterocycles. The largest absolute Gasteiger partial charge is 0.416 e. The van der Waals surface area contributed by atoms with Crippen LogP contribution in [0.4, 0.5) is 13.2 Å². The molecular formula is C16H13ClF3NO. The molecule has 0 atom stereocenters. The average Bonchev–Trinajstić information content (AvgIpc) is 2.52. The van der Waals surface area contributed by atoms with Crippen LogP contribution in [0.15, 0.2) is 53.7 Å². The lowest BCUT2D eigenvalue weighted by Crippen LogP contribution is -2.04. The molecule has 0 radical (unpaired) electrons. The lowest BCUT2D eigenvalue weighted by Gasteiger charge is -2.08. The third kappa shape index (κ3) is 3.80. The lowest BCUT2D eigenvalue weighted by atomic mass is 10.0. The van der Waals surface area contributed by atoms with Crippen LogP contribution in [-0.2, 0) is 11.0 Å². The Kier molecular flexibility index (Phi) is 5.08. The van der Waals surface area contributed by atoms with Crippen molar-refractivity contribution in [2.24, 2.45) is 5.16 Å². The molecule has 0 aliphatic rings. The fraction of sp³-hybridized carbons (Fsp3) is 0.188. The highest BCUT2D eigenvalue weighted by Gasteiger charge is 2.29. The summed E-state index contributed by atoms with van der Waals surface area (Å²) in [7, 11) is 1.43. The fourth-order valence-electron chi connectivity index (χ4n) is 1.97. The predicted molar refractivity (Wildman–Crippen MR) is 81.1 cm³/mol. The number of alkyl halides is 4. The Morgan fingerprint density at radius 2 is 1.50 bits per heavy atom. The van der Waals surface area contributed by atoms with E-state index in [1.54, 1.807) is 24.3 Å². The van der Waals surface area contributed by atoms with Gasteiger partial charge < -0.3 is 4.84 Å². The quantitative estimate of drug-likeness (QED) is 0.442. The van der Waals surface area contributed by atoms with E-state index in [0.717, 1.165) is 23.3 Å². The van der Waals surface area contributed by atoms with Gasteiger partial charge in [-0.1, -0.05) is 41.6 Å². The molecule has 0 N–H and O–H groups in total. The molecule has 0 saturated carbocycles. The van der Waals surface area contributed by atoms with E-state index in [4.69, 9.17) is 16.4 Å². The minimum atomic E-state index is -4.33. The van der Waals surface area contributed by atoms with Crippen LogP contribution in [0.1, 0.15) is 11.1 Å². The van der Waals surface area contributed by atoms with Gasteiger partial charge in [-0.3, -0.25) is 0 Å². The van der Waals surface area contributed by atoms with E-state index in [9.17, 15) is 13.2 Å². The molecule has 2 aromatic rings. The maximum Gasteiger partial charge on any atom is 0.416 e. The van der Waals surface area contributed by atoms with Crippen LogP contribution in [0.2, 0.25) is 0 Å². The SMILES string of the molecule is CO/N=C(\CCl)c1ccc(-c2ccc(C(F)(F)F)cc2)cc1. The molecule has 0 saturated heterocycles. The van der Waals surface area contributed by atoms with Crippen LogP contribution < -0.4 is 0 Å². The van der Waals surface area contributed by atoms with Gasteiger partial charge in [0.1, 0.15) is 12.8 Å². The van der Waals surface area contributed by atoms with Crippen molar-refractivity contribution in [1.29, 1.82) is 0 Å². The Hall–Kier alpha value is -2.01. The summed E-state index contributed by atoms with van der Waals surface area (Å²) in [6.45, 7) is 0. The predicted octanol–water partition coefficient (Wildman–Crippen LogP) is 4.96. The van der Waals surface area contributed by atoms with Gasteiger partial charge >= 0.3 is 6.18 Å². The van der Waals surface area contributed by atoms with Gasteiger partial charge in [-0.25, -0.2) is 0 Å². The lowest BCUT2D eigenvalue weighted by molar-refractivity contribution is -0.137. The molecule has 0 bridgehead atoms. The van der Waals surface area contributed by atoms with Gasteiger partial charge in [-0.05, 0) is 23.3 Å². The summed E-state index contributed by atoms with van der Waals surface area (Å²) in [6.07, 6.45) is -4.33. The van der Waals surface area contributed by atoms with Gasteiger partial charge in [0.25, 0.3) is 0 Å². The van der Waals surface area contributed by atoms with E-state index in [0.29, 0.717) is 11.3 Å². The highest BCUT2D eigenvalue weighted by atomic mass is 35.5. The third-order valence-corrected chi connectivity index (χ3v) is 3.34. The molecular weight excluding hydrogens is 315 g/mol. The molecule has 2 aromatic carbocycles. The van der Waals surface area contributed by atoms with Gasteiger partial charge in [0.05, 0.1) is 11.4 Å². The number of halogens is 4. The summed E-state index contributed by atoms with van der Waals surface area (Å²) in [6, 6.07) is 12.2. The van der Waals surface area contributed by atoms with Crippen molar-refractivity contribution in [3.63, 3.8) is 0 Å². The molecule has 116 valence electrons. The van der Waals surface area contributed by atoms with E-state index < -0.39 is 11.7 Å². The van der Waals surface area contributed by atoms with Crippen LogP contribution in [0.25, 0.3) is 11.1 Å². The molecule has 6 heteroatoms. The van der Waals surface area contributed by atoms with E-state index in [1.165, 1.54) is 19.2 Å². The van der Waals surface area contributed by atoms with Crippen molar-refractivity contribution in [2.75, 3.05) is 13.0 Å². The van der Waals surface area contributed by atoms with Crippen LogP contribution in [0.5, 0.6) is 0 Å². The molecule has 0 spiro atoms. The summed E-state index contributed by atoms with van der Waals surface area (Å²) in [4.78, 5) is 4.71. The Morgan fingerprint density at radius 1 is 1.00 bits per heavy atom. The van der Waals surface area contributed by atoms with Crippen molar-refractivity contribution in [3.05, 3.63) is 59.7 Å². The van der Waals surface area contributed by atoms with E-state index in [-0.39, 0.29) is 5.88 Å². The number of nitrogens with zero attached hydrogens (tertiary/aromatic N) is 1. The van der Waals surface area contributed by atoms with Gasteiger partial charge in [0.2, 0.25) is 0 Å². The zero-order valence-corrected chi connectivity index (χ0v) is 12.4. The topological polar surface area (TPSA) is 21.6 Å². The van der Waals surface area contributed by atoms with Gasteiger partial charge in [-0.15, -0.1) is 11.6 Å². The van der Waals surface area contributed by atoms with Crippen LogP contribution in [0.3, 0.4) is 0 Å². The summed E-state index contributed by atoms with van der Waals surface area (Å²) in [5.74, 6) is 0.202. The normalized spacial score (nSPS) is 12.3. The highest BCUT2D eigenvalue weighted by molar-refractivity contribution is 6.31. The van der Waals surface area contributed by atoms with Crippen molar-refractivity contribution in [2.45, 2.75) is 6.18 Å². The third-order valence-electron chi connectivity index (χ3n) is 3.09. The van der Waals surface area contributed by atoms with Crippen LogP contribution in [-0.4, -0.2) is 18.7 Å². The van der Waals surface area contributed by atoms with E-state index in [1.807, 2.05) is 0 Å². The summed E-state index contributed by atoms with van der Waals surface area (Å²) in [5, 5.41) is 3.81. The minimum Gasteiger partial charge on any atom is -0.399 e. The summed E-state index contributed by atoms with van der Waals surface area (Å²) in [5.41, 5.74) is 2.24. The zero-order valence-electron chi connectivity index (χ0n) is 11.7. The Morgan fingerprint density at radius 3 is 1.91 bits per heavy atom. The standard InChI is InChI=1S/C16H13ClF3NO/c1-22-21-15(10-17)13-4-2-11(3-5-13)12-6-8-14(9-7-12)16(18,19)20/h2-9H,10H2,1H3/b21-15+. The molecule has 0 aliphatic heterocycles. The number of hydrogen-bond donors (Lipinski definition) is 0. The average molecular weight is 328 g/mol. The first kappa shape index (κ1) is 16.4. The van der Waals surface area contributed by atoms with Crippen molar-refractivity contribution in [3.8, 4) is 11.1 Å². The fourth-order valence-corrected chi connectivity index (χ4v) is 2.17. The van der Waals surface area contributed by atoms with Crippen LogP contribution >= 0.6 is 11.6 Å². The number of benzene rings is 2. The van der Waals surface area contributed by atoms with Gasteiger partial charge in [0, 0.05) is 5.56 Å². The van der Waals surface area contributed by atoms with Gasteiger partial charge in [0.15, 0.2) is 0 Å². The molecule has 2 rings (SSSR count).